The number of ether oxygens (including phenoxy) is 1. The molecule has 1 heterocycles. The largest absolute Gasteiger partial charge is 0.506 e. The highest BCUT2D eigenvalue weighted by molar-refractivity contribution is 7.90. The number of esters is 1. The van der Waals surface area contributed by atoms with E-state index in [1.807, 2.05) is 0 Å². The van der Waals surface area contributed by atoms with Gasteiger partial charge in [0.05, 0.1) is 36.4 Å². The van der Waals surface area contributed by atoms with Gasteiger partial charge in [0.1, 0.15) is 11.4 Å². The minimum Gasteiger partial charge on any atom is -0.506 e. The van der Waals surface area contributed by atoms with Gasteiger partial charge in [-0.05, 0) is 18.2 Å². The Morgan fingerprint density at radius 3 is 2.64 bits per heavy atom. The number of carbonyl (C=O) groups is 2. The first-order chi connectivity index (χ1) is 11.7. The Bertz CT molecular complexity index is 845. The molecule has 1 aromatic carbocycles. The minimum absolute atomic E-state index is 0.0138. The number of sulfone groups is 1. The zero-order valence-electron chi connectivity index (χ0n) is 13.6. The van der Waals surface area contributed by atoms with Crippen molar-refractivity contribution in [1.29, 1.82) is 0 Å². The van der Waals surface area contributed by atoms with Gasteiger partial charge in [0.2, 0.25) is 0 Å². The highest BCUT2D eigenvalue weighted by atomic mass is 32.2. The topological polar surface area (TPSA) is 133 Å². The molecule has 25 heavy (non-hydrogen) atoms. The van der Waals surface area contributed by atoms with Crippen LogP contribution in [-0.4, -0.2) is 68.5 Å². The molecule has 0 spiro atoms. The number of benzene rings is 1. The first-order valence-corrected chi connectivity index (χ1v) is 9.10. The molecule has 0 aromatic heterocycles. The second-order valence-electron chi connectivity index (χ2n) is 5.37. The molecule has 10 heteroatoms. The van der Waals surface area contributed by atoms with Gasteiger partial charge in [0.15, 0.2) is 9.84 Å². The summed E-state index contributed by atoms with van der Waals surface area (Å²) in [5.74, 6) is -1.61. The van der Waals surface area contributed by atoms with Gasteiger partial charge in [-0.15, -0.1) is 0 Å². The molecular formula is C15H18N2O7S. The van der Waals surface area contributed by atoms with Crippen LogP contribution < -0.4 is 5.32 Å². The number of phenolic OH excluding ortho intramolecular Hbond substituents is 1. The predicted octanol–water partition coefficient (Wildman–Crippen LogP) is -0.531. The van der Waals surface area contributed by atoms with Gasteiger partial charge in [-0.3, -0.25) is 4.79 Å². The summed E-state index contributed by atoms with van der Waals surface area (Å²) in [7, 11) is -2.37. The number of hydrogen-bond acceptors (Lipinski definition) is 8. The van der Waals surface area contributed by atoms with Gasteiger partial charge in [-0.1, -0.05) is 0 Å². The molecule has 0 fully saturated rings. The van der Waals surface area contributed by atoms with Crippen molar-refractivity contribution in [2.45, 2.75) is 4.90 Å². The second-order valence-corrected chi connectivity index (χ2v) is 7.39. The van der Waals surface area contributed by atoms with E-state index < -0.39 is 21.7 Å². The molecule has 1 aliphatic rings. The molecule has 0 radical (unpaired) electrons. The summed E-state index contributed by atoms with van der Waals surface area (Å²) < 4.78 is 28.0. The Morgan fingerprint density at radius 2 is 2.08 bits per heavy atom. The highest BCUT2D eigenvalue weighted by Gasteiger charge is 2.34. The molecule has 3 N–H and O–H groups in total. The Balaban J connectivity index is 2.45. The predicted molar refractivity (Wildman–Crippen MR) is 87.5 cm³/mol. The van der Waals surface area contributed by atoms with Crippen LogP contribution >= 0.6 is 0 Å². The second kappa shape index (κ2) is 7.11. The van der Waals surface area contributed by atoms with E-state index in [0.717, 1.165) is 19.4 Å². The normalized spacial score (nSPS) is 14.8. The Kier molecular flexibility index (Phi) is 5.33. The summed E-state index contributed by atoms with van der Waals surface area (Å²) in [6, 6.07) is 3.55. The number of anilines is 1. The number of nitrogens with zero attached hydrogens (tertiary/aromatic N) is 1. The van der Waals surface area contributed by atoms with E-state index in [-0.39, 0.29) is 47.3 Å². The molecule has 0 unspecified atom stereocenters. The van der Waals surface area contributed by atoms with Crippen molar-refractivity contribution < 1.29 is 33.0 Å². The summed E-state index contributed by atoms with van der Waals surface area (Å²) in [5, 5.41) is 21.6. The number of β-amino-alcohol motifs (C(OH)–C–C–N with tert-alkyl or cyclic N) is 1. The molecular weight excluding hydrogens is 352 g/mol. The van der Waals surface area contributed by atoms with E-state index >= 15 is 0 Å². The molecule has 0 saturated carbocycles. The fraction of sp³-hybridized carbons (Fsp3) is 0.333. The molecule has 2 rings (SSSR count). The van der Waals surface area contributed by atoms with Crippen molar-refractivity contribution in [1.82, 2.24) is 4.90 Å². The van der Waals surface area contributed by atoms with Crippen LogP contribution in [0, 0.1) is 0 Å². The van der Waals surface area contributed by atoms with E-state index in [0.29, 0.717) is 0 Å². The third-order valence-corrected chi connectivity index (χ3v) is 4.72. The number of aliphatic hydroxyl groups is 1. The number of hydrogen-bond donors (Lipinski definition) is 3. The summed E-state index contributed by atoms with van der Waals surface area (Å²) in [6.45, 7) is -0.344. The maximum absolute atomic E-state index is 12.4. The number of nitrogens with one attached hydrogen (secondary N) is 1. The Morgan fingerprint density at radius 1 is 1.40 bits per heavy atom. The summed E-state index contributed by atoms with van der Waals surface area (Å²) in [4.78, 5) is 25.5. The fourth-order valence-corrected chi connectivity index (χ4v) is 2.98. The average Bonchev–Trinajstić information content (AvgIpc) is 2.85. The van der Waals surface area contributed by atoms with Crippen molar-refractivity contribution in [3.05, 3.63) is 29.5 Å². The first-order valence-electron chi connectivity index (χ1n) is 7.20. The van der Waals surface area contributed by atoms with E-state index in [1.54, 1.807) is 0 Å². The first kappa shape index (κ1) is 18.7. The van der Waals surface area contributed by atoms with Crippen molar-refractivity contribution in [3.8, 4) is 5.75 Å². The molecule has 0 bridgehead atoms. The summed E-state index contributed by atoms with van der Waals surface area (Å²) in [6.07, 6.45) is 1.01. The molecule has 0 aliphatic carbocycles. The van der Waals surface area contributed by atoms with Crippen LogP contribution in [0.15, 0.2) is 34.4 Å². The third kappa shape index (κ3) is 3.91. The average molecular weight is 370 g/mol. The Hall–Kier alpha value is -2.59. The molecule has 9 nitrogen and oxygen atoms in total. The van der Waals surface area contributed by atoms with Crippen LogP contribution in [-0.2, 0) is 24.2 Å². The quantitative estimate of drug-likeness (QED) is 0.449. The number of aliphatic hydroxyl groups excluding tert-OH is 1. The number of carbonyl (C=O) groups excluding carboxylic acids is 2. The van der Waals surface area contributed by atoms with Crippen LogP contribution in [0.3, 0.4) is 0 Å². The number of amides is 1. The van der Waals surface area contributed by atoms with Crippen molar-refractivity contribution in [3.63, 3.8) is 0 Å². The standard InChI is InChI=1S/C15H18N2O7S/c1-24-15(21)10-8-17(5-6-18)14(20)13(10)16-11-7-9(25(2,22)23)3-4-12(11)19/h3-4,7,16,18-19H,5-6,8H2,1-2H3. The van der Waals surface area contributed by atoms with Crippen LogP contribution in [0.4, 0.5) is 5.69 Å². The van der Waals surface area contributed by atoms with Crippen LogP contribution in [0.2, 0.25) is 0 Å². The fourth-order valence-electron chi connectivity index (χ4n) is 2.33. The number of rotatable bonds is 6. The molecule has 1 amide bonds. The van der Waals surface area contributed by atoms with Gasteiger partial charge in [-0.2, -0.15) is 0 Å². The SMILES string of the molecule is COC(=O)C1=C(Nc2cc(S(C)(=O)=O)ccc2O)C(=O)N(CCO)C1. The van der Waals surface area contributed by atoms with Crippen LogP contribution in [0.5, 0.6) is 5.75 Å². The van der Waals surface area contributed by atoms with Gasteiger partial charge in [0, 0.05) is 12.8 Å². The number of phenols is 1. The maximum Gasteiger partial charge on any atom is 0.337 e. The van der Waals surface area contributed by atoms with Gasteiger partial charge in [0.25, 0.3) is 5.91 Å². The Labute approximate surface area is 144 Å². The zero-order chi connectivity index (χ0) is 18.8. The maximum atomic E-state index is 12.4. The van der Waals surface area contributed by atoms with Crippen molar-refractivity contribution in [2.75, 3.05) is 38.4 Å². The lowest BCUT2D eigenvalue weighted by atomic mass is 10.2. The summed E-state index contributed by atoms with van der Waals surface area (Å²) >= 11 is 0. The lowest BCUT2D eigenvalue weighted by Crippen LogP contribution is -2.31. The van der Waals surface area contributed by atoms with Crippen LogP contribution in [0.1, 0.15) is 0 Å². The van der Waals surface area contributed by atoms with Crippen molar-refractivity contribution >= 4 is 27.4 Å². The zero-order valence-corrected chi connectivity index (χ0v) is 14.5. The molecule has 1 aliphatic heterocycles. The lowest BCUT2D eigenvalue weighted by Gasteiger charge is -2.15. The van der Waals surface area contributed by atoms with E-state index in [4.69, 9.17) is 5.11 Å². The van der Waals surface area contributed by atoms with E-state index in [9.17, 15) is 23.1 Å². The minimum atomic E-state index is -3.53. The third-order valence-electron chi connectivity index (χ3n) is 3.61. The smallest absolute Gasteiger partial charge is 0.337 e. The summed E-state index contributed by atoms with van der Waals surface area (Å²) in [5.41, 5.74) is -0.162. The molecule has 136 valence electrons. The van der Waals surface area contributed by atoms with E-state index in [1.165, 1.54) is 17.0 Å². The van der Waals surface area contributed by atoms with E-state index in [2.05, 4.69) is 10.1 Å². The number of aromatic hydroxyl groups is 1. The monoisotopic (exact) mass is 370 g/mol. The molecule has 0 saturated heterocycles. The molecule has 0 atom stereocenters. The van der Waals surface area contributed by atoms with Gasteiger partial charge < -0.3 is 25.2 Å². The van der Waals surface area contributed by atoms with Crippen LogP contribution in [0.25, 0.3) is 0 Å². The lowest BCUT2D eigenvalue weighted by molar-refractivity contribution is -0.136. The number of methoxy groups -OCH3 is 1. The molecule has 1 aromatic rings. The highest BCUT2D eigenvalue weighted by Crippen LogP contribution is 2.30. The van der Waals surface area contributed by atoms with Gasteiger partial charge >= 0.3 is 5.97 Å². The van der Waals surface area contributed by atoms with Gasteiger partial charge in [-0.25, -0.2) is 13.2 Å². The van der Waals surface area contributed by atoms with Crippen molar-refractivity contribution in [2.24, 2.45) is 0 Å².